The molecule has 22 heavy (non-hydrogen) atoms. The third-order valence-corrected chi connectivity index (χ3v) is 7.45. The first-order chi connectivity index (χ1) is 10.5. The standard InChI is InChI=1S/C20H27NO/c1-12-13(2)20-10-7-14-11-15(22-4)5-6-17(14)19(20,3)9-8-16(12)18(20)21/h5-6,11,16,18H,7-10,21H2,1-4H3/t16-,18-,19+,20+/m1/s1. The van der Waals surface area contributed by atoms with Crippen LogP contribution in [0, 0.1) is 11.3 Å². The monoisotopic (exact) mass is 297 g/mol. The van der Waals surface area contributed by atoms with Crippen LogP contribution in [0.4, 0.5) is 0 Å². The quantitative estimate of drug-likeness (QED) is 0.796. The highest BCUT2D eigenvalue weighted by molar-refractivity contribution is 5.51. The molecule has 0 radical (unpaired) electrons. The van der Waals surface area contributed by atoms with E-state index >= 15 is 0 Å². The second kappa shape index (κ2) is 4.38. The number of fused-ring (bicyclic) bond motifs is 3. The van der Waals surface area contributed by atoms with Crippen molar-refractivity contribution in [2.75, 3.05) is 7.11 Å². The molecule has 3 aliphatic carbocycles. The maximum atomic E-state index is 6.84. The van der Waals surface area contributed by atoms with Crippen molar-refractivity contribution in [2.24, 2.45) is 17.1 Å². The van der Waals surface area contributed by atoms with Crippen molar-refractivity contribution < 1.29 is 4.74 Å². The third-order valence-electron chi connectivity index (χ3n) is 7.45. The molecule has 0 unspecified atom stereocenters. The van der Waals surface area contributed by atoms with Gasteiger partial charge in [-0.1, -0.05) is 24.1 Å². The van der Waals surface area contributed by atoms with Gasteiger partial charge in [0.05, 0.1) is 7.11 Å². The highest BCUT2D eigenvalue weighted by atomic mass is 16.5. The number of aryl methyl sites for hydroxylation is 1. The average Bonchev–Trinajstić information content (AvgIpc) is 2.64. The summed E-state index contributed by atoms with van der Waals surface area (Å²) >= 11 is 0. The highest BCUT2D eigenvalue weighted by Gasteiger charge is 2.63. The van der Waals surface area contributed by atoms with Gasteiger partial charge >= 0.3 is 0 Å². The van der Waals surface area contributed by atoms with Gasteiger partial charge in [-0.05, 0) is 68.7 Å². The lowest BCUT2D eigenvalue weighted by atomic mass is 9.47. The van der Waals surface area contributed by atoms with Gasteiger partial charge in [-0.25, -0.2) is 0 Å². The topological polar surface area (TPSA) is 35.2 Å². The number of ether oxygens (including phenoxy) is 1. The fourth-order valence-electron chi connectivity index (χ4n) is 6.12. The molecule has 118 valence electrons. The number of hydrogen-bond acceptors (Lipinski definition) is 2. The Kier molecular flexibility index (Phi) is 2.85. The first-order valence-electron chi connectivity index (χ1n) is 8.56. The molecule has 0 saturated heterocycles. The minimum absolute atomic E-state index is 0.168. The summed E-state index contributed by atoms with van der Waals surface area (Å²) in [5, 5.41) is 0. The smallest absolute Gasteiger partial charge is 0.119 e. The molecule has 0 heterocycles. The number of nitrogens with two attached hydrogens (primary N) is 1. The summed E-state index contributed by atoms with van der Waals surface area (Å²) in [6.45, 7) is 7.15. The van der Waals surface area contributed by atoms with Crippen LogP contribution in [0.25, 0.3) is 0 Å². The van der Waals surface area contributed by atoms with E-state index in [-0.39, 0.29) is 10.8 Å². The van der Waals surface area contributed by atoms with E-state index in [1.54, 1.807) is 18.3 Å². The first-order valence-corrected chi connectivity index (χ1v) is 8.56. The van der Waals surface area contributed by atoms with Gasteiger partial charge in [0.25, 0.3) is 0 Å². The van der Waals surface area contributed by atoms with Crippen LogP contribution in [0.5, 0.6) is 5.75 Å². The van der Waals surface area contributed by atoms with Gasteiger partial charge in [-0.2, -0.15) is 0 Å². The zero-order valence-corrected chi connectivity index (χ0v) is 14.2. The van der Waals surface area contributed by atoms with E-state index in [9.17, 15) is 0 Å². The second-order valence-electron chi connectivity index (χ2n) is 7.81. The largest absolute Gasteiger partial charge is 0.497 e. The summed E-state index contributed by atoms with van der Waals surface area (Å²) in [5.41, 5.74) is 13.3. The van der Waals surface area contributed by atoms with Gasteiger partial charge in [0.15, 0.2) is 0 Å². The van der Waals surface area contributed by atoms with Gasteiger partial charge in [0.1, 0.15) is 5.75 Å². The number of benzene rings is 1. The summed E-state index contributed by atoms with van der Waals surface area (Å²) in [4.78, 5) is 0. The van der Waals surface area contributed by atoms with Crippen LogP contribution in [0.15, 0.2) is 29.3 Å². The molecule has 4 rings (SSSR count). The minimum atomic E-state index is 0.168. The van der Waals surface area contributed by atoms with Gasteiger partial charge in [-0.3, -0.25) is 0 Å². The molecule has 1 aromatic carbocycles. The summed E-state index contributed by atoms with van der Waals surface area (Å²) in [5.74, 6) is 1.58. The van der Waals surface area contributed by atoms with Gasteiger partial charge in [0.2, 0.25) is 0 Å². The Bertz CT molecular complexity index is 676. The Morgan fingerprint density at radius 2 is 2.00 bits per heavy atom. The van der Waals surface area contributed by atoms with Crippen molar-refractivity contribution >= 4 is 0 Å². The molecule has 1 fully saturated rings. The Hall–Kier alpha value is -1.28. The van der Waals surface area contributed by atoms with Crippen molar-refractivity contribution in [1.29, 1.82) is 0 Å². The Balaban J connectivity index is 1.94. The maximum Gasteiger partial charge on any atom is 0.119 e. The zero-order valence-electron chi connectivity index (χ0n) is 14.2. The third kappa shape index (κ3) is 1.40. The van der Waals surface area contributed by atoms with Crippen LogP contribution in [0.2, 0.25) is 0 Å². The molecule has 2 N–H and O–H groups in total. The lowest BCUT2D eigenvalue weighted by molar-refractivity contribution is 0.0574. The summed E-state index contributed by atoms with van der Waals surface area (Å²) < 4.78 is 5.43. The lowest BCUT2D eigenvalue weighted by Gasteiger charge is -2.58. The Labute approximate surface area is 133 Å². The summed E-state index contributed by atoms with van der Waals surface area (Å²) in [6.07, 6.45) is 4.78. The molecule has 4 atom stereocenters. The molecule has 0 amide bonds. The normalized spacial score (nSPS) is 39.5. The Morgan fingerprint density at radius 1 is 1.23 bits per heavy atom. The van der Waals surface area contributed by atoms with E-state index < -0.39 is 0 Å². The highest BCUT2D eigenvalue weighted by Crippen LogP contribution is 2.67. The molecule has 3 aliphatic rings. The fraction of sp³-hybridized carbons (Fsp3) is 0.600. The zero-order chi connectivity index (χ0) is 15.7. The van der Waals surface area contributed by atoms with Crippen LogP contribution < -0.4 is 10.5 Å². The fourth-order valence-corrected chi connectivity index (χ4v) is 6.12. The van der Waals surface area contributed by atoms with Crippen molar-refractivity contribution in [3.63, 3.8) is 0 Å². The minimum Gasteiger partial charge on any atom is -0.497 e. The SMILES string of the molecule is COc1ccc2c(c1)CC[C@@]13C(C)=C(C)[C@@H](CC[C@@]21C)[C@H]3N. The molecule has 2 bridgehead atoms. The second-order valence-corrected chi connectivity index (χ2v) is 7.81. The molecular formula is C20H27NO. The number of rotatable bonds is 1. The van der Waals surface area contributed by atoms with Crippen LogP contribution >= 0.6 is 0 Å². The van der Waals surface area contributed by atoms with E-state index in [4.69, 9.17) is 10.5 Å². The number of hydrogen-bond donors (Lipinski definition) is 1. The van der Waals surface area contributed by atoms with E-state index in [0.29, 0.717) is 12.0 Å². The summed E-state index contributed by atoms with van der Waals surface area (Å²) in [6, 6.07) is 6.97. The molecule has 2 heteroatoms. The Morgan fingerprint density at radius 3 is 2.73 bits per heavy atom. The van der Waals surface area contributed by atoms with E-state index in [1.807, 2.05) is 0 Å². The summed E-state index contributed by atoms with van der Waals surface area (Å²) in [7, 11) is 1.75. The van der Waals surface area contributed by atoms with Crippen molar-refractivity contribution in [2.45, 2.75) is 57.9 Å². The van der Waals surface area contributed by atoms with Gasteiger partial charge in [0, 0.05) is 16.9 Å². The first kappa shape index (κ1) is 14.3. The lowest BCUT2D eigenvalue weighted by Crippen LogP contribution is -2.60. The van der Waals surface area contributed by atoms with Gasteiger partial charge in [-0.15, -0.1) is 0 Å². The average molecular weight is 297 g/mol. The predicted molar refractivity (Wildman–Crippen MR) is 90.2 cm³/mol. The van der Waals surface area contributed by atoms with Gasteiger partial charge < -0.3 is 10.5 Å². The molecular weight excluding hydrogens is 270 g/mol. The van der Waals surface area contributed by atoms with E-state index in [2.05, 4.69) is 39.0 Å². The molecule has 0 aromatic heterocycles. The van der Waals surface area contributed by atoms with E-state index in [0.717, 1.165) is 12.2 Å². The maximum absolute atomic E-state index is 6.84. The van der Waals surface area contributed by atoms with Crippen LogP contribution in [0.3, 0.4) is 0 Å². The number of methoxy groups -OCH3 is 1. The van der Waals surface area contributed by atoms with Crippen molar-refractivity contribution in [3.8, 4) is 5.75 Å². The molecule has 1 spiro atoms. The van der Waals surface area contributed by atoms with Crippen molar-refractivity contribution in [1.82, 2.24) is 0 Å². The predicted octanol–water partition coefficient (Wildman–Crippen LogP) is 3.97. The molecule has 0 aliphatic heterocycles. The molecule has 1 saturated carbocycles. The molecule has 2 nitrogen and oxygen atoms in total. The van der Waals surface area contributed by atoms with Crippen molar-refractivity contribution in [3.05, 3.63) is 40.5 Å². The van der Waals surface area contributed by atoms with E-state index in [1.165, 1.54) is 30.4 Å². The molecule has 1 aromatic rings. The van der Waals surface area contributed by atoms with Crippen LogP contribution in [-0.4, -0.2) is 13.2 Å². The van der Waals surface area contributed by atoms with Crippen LogP contribution in [0.1, 0.15) is 51.2 Å². The van der Waals surface area contributed by atoms with Crippen LogP contribution in [-0.2, 0) is 11.8 Å².